The van der Waals surface area contributed by atoms with Crippen molar-refractivity contribution >= 4 is 12.2 Å². The lowest BCUT2D eigenvalue weighted by atomic mass is 10.1. The number of carbonyl (C=O) groups is 1. The summed E-state index contributed by atoms with van der Waals surface area (Å²) in [6, 6.07) is 12.8. The summed E-state index contributed by atoms with van der Waals surface area (Å²) >= 11 is 0. The zero-order valence-electron chi connectivity index (χ0n) is 8.59. The van der Waals surface area contributed by atoms with E-state index in [1.807, 2.05) is 30.3 Å². The third-order valence-electron chi connectivity index (χ3n) is 2.38. The van der Waals surface area contributed by atoms with E-state index >= 15 is 0 Å². The first kappa shape index (κ1) is 10.2. The fraction of sp³-hybridized carbons (Fsp3) is 0. The van der Waals surface area contributed by atoms with Gasteiger partial charge in [0.25, 0.3) is 0 Å². The Morgan fingerprint density at radius 1 is 1.19 bits per heavy atom. The molecule has 1 aromatic heterocycles. The molecule has 0 radical (unpaired) electrons. The molecule has 3 nitrogen and oxygen atoms in total. The Balaban J connectivity index is 2.59. The number of hydrogen-bond acceptors (Lipinski definition) is 2. The number of aromatic carboxylic acids is 1. The molecule has 0 aliphatic heterocycles. The molecule has 0 amide bonds. The standard InChI is InChI=1S/C13H11NO2/c1-2-14-11(8-9-12(14)13(15)16)10-6-4-3-5-7-10/h2-9H,1H2,(H,15,16)/p-1. The van der Waals surface area contributed by atoms with Crippen molar-refractivity contribution in [3.05, 3.63) is 54.7 Å². The summed E-state index contributed by atoms with van der Waals surface area (Å²) in [6.07, 6.45) is 1.47. The van der Waals surface area contributed by atoms with E-state index in [2.05, 4.69) is 6.58 Å². The summed E-state index contributed by atoms with van der Waals surface area (Å²) in [4.78, 5) is 10.8. The van der Waals surface area contributed by atoms with Gasteiger partial charge in [-0.05, 0) is 17.7 Å². The molecule has 0 N–H and O–H groups in total. The van der Waals surface area contributed by atoms with Crippen LogP contribution >= 0.6 is 0 Å². The van der Waals surface area contributed by atoms with Crippen molar-refractivity contribution in [2.24, 2.45) is 0 Å². The van der Waals surface area contributed by atoms with Crippen LogP contribution in [0.4, 0.5) is 0 Å². The zero-order chi connectivity index (χ0) is 11.5. The Morgan fingerprint density at radius 3 is 2.44 bits per heavy atom. The Morgan fingerprint density at radius 2 is 1.88 bits per heavy atom. The third kappa shape index (κ3) is 1.63. The molecule has 3 heteroatoms. The van der Waals surface area contributed by atoms with E-state index in [4.69, 9.17) is 0 Å². The minimum absolute atomic E-state index is 0.105. The van der Waals surface area contributed by atoms with Gasteiger partial charge in [0.05, 0.1) is 17.4 Å². The van der Waals surface area contributed by atoms with Gasteiger partial charge in [-0.3, -0.25) is 0 Å². The number of rotatable bonds is 3. The first-order valence-corrected chi connectivity index (χ1v) is 4.84. The van der Waals surface area contributed by atoms with Crippen molar-refractivity contribution in [3.63, 3.8) is 0 Å². The van der Waals surface area contributed by atoms with E-state index in [1.54, 1.807) is 6.07 Å². The van der Waals surface area contributed by atoms with Crippen LogP contribution in [0.2, 0.25) is 0 Å². The summed E-state index contributed by atoms with van der Waals surface area (Å²) in [7, 11) is 0. The fourth-order valence-corrected chi connectivity index (χ4v) is 1.66. The molecule has 0 aliphatic rings. The monoisotopic (exact) mass is 212 g/mol. The van der Waals surface area contributed by atoms with Gasteiger partial charge in [-0.15, -0.1) is 0 Å². The van der Waals surface area contributed by atoms with Crippen LogP contribution in [0.1, 0.15) is 10.5 Å². The molecule has 0 aliphatic carbocycles. The fourth-order valence-electron chi connectivity index (χ4n) is 1.66. The Kier molecular flexibility index (Phi) is 2.60. The number of nitrogens with zero attached hydrogens (tertiary/aromatic N) is 1. The minimum atomic E-state index is -1.21. The summed E-state index contributed by atoms with van der Waals surface area (Å²) in [5.74, 6) is -1.21. The second-order valence-electron chi connectivity index (χ2n) is 3.31. The molecule has 2 aromatic rings. The summed E-state index contributed by atoms with van der Waals surface area (Å²) in [5, 5.41) is 10.8. The van der Waals surface area contributed by atoms with Gasteiger partial charge < -0.3 is 14.5 Å². The highest BCUT2D eigenvalue weighted by molar-refractivity contribution is 5.87. The molecular weight excluding hydrogens is 202 g/mol. The molecule has 0 atom stereocenters. The van der Waals surface area contributed by atoms with Crippen LogP contribution in [-0.2, 0) is 0 Å². The van der Waals surface area contributed by atoms with E-state index in [0.717, 1.165) is 11.3 Å². The summed E-state index contributed by atoms with van der Waals surface area (Å²) in [6.45, 7) is 3.60. The van der Waals surface area contributed by atoms with Gasteiger partial charge in [0.1, 0.15) is 0 Å². The maximum absolute atomic E-state index is 10.8. The molecule has 1 heterocycles. The highest BCUT2D eigenvalue weighted by atomic mass is 16.4. The van der Waals surface area contributed by atoms with Crippen LogP contribution in [0.3, 0.4) is 0 Å². The van der Waals surface area contributed by atoms with Crippen LogP contribution in [0, 0.1) is 0 Å². The van der Waals surface area contributed by atoms with E-state index in [9.17, 15) is 9.90 Å². The number of carbonyl (C=O) groups excluding carboxylic acids is 1. The molecule has 0 unspecified atom stereocenters. The van der Waals surface area contributed by atoms with Crippen LogP contribution in [0.15, 0.2) is 49.0 Å². The van der Waals surface area contributed by atoms with Crippen LogP contribution in [0.5, 0.6) is 0 Å². The molecule has 0 saturated heterocycles. The Bertz CT molecular complexity index is 526. The van der Waals surface area contributed by atoms with E-state index in [-0.39, 0.29) is 5.69 Å². The maximum Gasteiger partial charge on any atom is 0.0883 e. The maximum atomic E-state index is 10.8. The van der Waals surface area contributed by atoms with Gasteiger partial charge in [-0.25, -0.2) is 0 Å². The normalized spacial score (nSPS) is 10.0. The number of benzene rings is 1. The van der Waals surface area contributed by atoms with Crippen molar-refractivity contribution in [3.8, 4) is 11.3 Å². The first-order chi connectivity index (χ1) is 7.74. The SMILES string of the molecule is C=Cn1c(C(=O)[O-])ccc1-c1ccccc1. The molecular formula is C13H10NO2-. The van der Waals surface area contributed by atoms with Crippen LogP contribution < -0.4 is 5.11 Å². The van der Waals surface area contributed by atoms with Gasteiger partial charge in [0.15, 0.2) is 0 Å². The van der Waals surface area contributed by atoms with Crippen molar-refractivity contribution < 1.29 is 9.90 Å². The minimum Gasteiger partial charge on any atom is -0.543 e. The summed E-state index contributed by atoms with van der Waals surface area (Å²) in [5.41, 5.74) is 1.83. The topological polar surface area (TPSA) is 45.1 Å². The average molecular weight is 212 g/mol. The molecule has 0 saturated carbocycles. The smallest absolute Gasteiger partial charge is 0.0883 e. The van der Waals surface area contributed by atoms with E-state index in [0.29, 0.717) is 0 Å². The molecule has 2 rings (SSSR count). The quantitative estimate of drug-likeness (QED) is 0.776. The molecule has 0 bridgehead atoms. The van der Waals surface area contributed by atoms with Crippen LogP contribution in [0.25, 0.3) is 17.5 Å². The van der Waals surface area contributed by atoms with E-state index < -0.39 is 5.97 Å². The third-order valence-corrected chi connectivity index (χ3v) is 2.38. The second kappa shape index (κ2) is 4.06. The molecule has 0 fully saturated rings. The average Bonchev–Trinajstić information content (AvgIpc) is 2.73. The predicted molar refractivity (Wildman–Crippen MR) is 60.6 cm³/mol. The molecule has 16 heavy (non-hydrogen) atoms. The number of carboxylic acid groups (broad SMARTS) is 1. The lowest BCUT2D eigenvalue weighted by molar-refractivity contribution is -0.255. The zero-order valence-corrected chi connectivity index (χ0v) is 8.59. The highest BCUT2D eigenvalue weighted by Crippen LogP contribution is 2.22. The largest absolute Gasteiger partial charge is 0.543 e. The van der Waals surface area contributed by atoms with Gasteiger partial charge in [-0.1, -0.05) is 36.9 Å². The lowest BCUT2D eigenvalue weighted by Gasteiger charge is -2.08. The highest BCUT2D eigenvalue weighted by Gasteiger charge is 2.07. The van der Waals surface area contributed by atoms with Crippen molar-refractivity contribution in [1.82, 2.24) is 4.57 Å². The summed E-state index contributed by atoms with van der Waals surface area (Å²) < 4.78 is 1.50. The molecule has 80 valence electrons. The van der Waals surface area contributed by atoms with Gasteiger partial charge in [0, 0.05) is 6.20 Å². The molecule has 0 spiro atoms. The Labute approximate surface area is 93.3 Å². The Hall–Kier alpha value is -2.29. The number of aromatic nitrogens is 1. The van der Waals surface area contributed by atoms with E-state index in [1.165, 1.54) is 16.8 Å². The first-order valence-electron chi connectivity index (χ1n) is 4.84. The van der Waals surface area contributed by atoms with Gasteiger partial charge >= 0.3 is 0 Å². The molecule has 1 aromatic carbocycles. The number of carboxylic acids is 1. The lowest BCUT2D eigenvalue weighted by Crippen LogP contribution is -2.24. The van der Waals surface area contributed by atoms with Crippen molar-refractivity contribution in [1.29, 1.82) is 0 Å². The number of hydrogen-bond donors (Lipinski definition) is 0. The second-order valence-corrected chi connectivity index (χ2v) is 3.31. The van der Waals surface area contributed by atoms with Crippen LogP contribution in [-0.4, -0.2) is 10.5 Å². The van der Waals surface area contributed by atoms with Gasteiger partial charge in [0.2, 0.25) is 0 Å². The van der Waals surface area contributed by atoms with Gasteiger partial charge in [-0.2, -0.15) is 0 Å². The van der Waals surface area contributed by atoms with Crippen molar-refractivity contribution in [2.45, 2.75) is 0 Å². The predicted octanol–water partition coefficient (Wildman–Crippen LogP) is 1.62. The van der Waals surface area contributed by atoms with Crippen molar-refractivity contribution in [2.75, 3.05) is 0 Å².